The molecule has 8 heteroatoms. The van der Waals surface area contributed by atoms with Crippen LogP contribution < -0.4 is 5.32 Å². The summed E-state index contributed by atoms with van der Waals surface area (Å²) in [5.41, 5.74) is 1.40. The summed E-state index contributed by atoms with van der Waals surface area (Å²) < 4.78 is 0.792. The number of aromatic amines is 1. The molecule has 0 saturated carbocycles. The van der Waals surface area contributed by atoms with Crippen LogP contribution in [0.4, 0.5) is 5.13 Å². The summed E-state index contributed by atoms with van der Waals surface area (Å²) >= 11 is 2.91. The van der Waals surface area contributed by atoms with E-state index >= 15 is 0 Å². The molecule has 3 aromatic heterocycles. The summed E-state index contributed by atoms with van der Waals surface area (Å²) in [4.78, 5) is 20.0. The van der Waals surface area contributed by atoms with Crippen LogP contribution in [0.3, 0.4) is 0 Å². The van der Waals surface area contributed by atoms with Crippen molar-refractivity contribution in [2.24, 2.45) is 5.92 Å². The standard InChI is InChI=1S/C16H19N5OS2/c1-9(2)7-19-15-20-21-16(24-15)23-10(3)13(22)12-8-18-14-11(12)5-4-6-17-14/h4-6,8-10H,7H2,1-3H3,(H,17,18)(H,19,20). The normalized spacial score (nSPS) is 12.7. The van der Waals surface area contributed by atoms with E-state index in [0.29, 0.717) is 11.5 Å². The lowest BCUT2D eigenvalue weighted by Gasteiger charge is -2.06. The quantitative estimate of drug-likeness (QED) is 0.491. The van der Waals surface area contributed by atoms with Crippen molar-refractivity contribution < 1.29 is 4.79 Å². The summed E-state index contributed by atoms with van der Waals surface area (Å²) in [5, 5.41) is 12.9. The fraction of sp³-hybridized carbons (Fsp3) is 0.375. The van der Waals surface area contributed by atoms with Gasteiger partial charge in [0, 0.05) is 29.9 Å². The molecule has 126 valence electrons. The molecule has 0 aliphatic heterocycles. The van der Waals surface area contributed by atoms with E-state index in [-0.39, 0.29) is 11.0 Å². The zero-order chi connectivity index (χ0) is 17.1. The van der Waals surface area contributed by atoms with Gasteiger partial charge in [-0.15, -0.1) is 10.2 Å². The number of hydrogen-bond donors (Lipinski definition) is 2. The molecule has 0 spiro atoms. The minimum Gasteiger partial charge on any atom is -0.360 e. The van der Waals surface area contributed by atoms with Gasteiger partial charge in [-0.05, 0) is 25.0 Å². The van der Waals surface area contributed by atoms with Gasteiger partial charge >= 0.3 is 0 Å². The molecule has 3 rings (SSSR count). The topological polar surface area (TPSA) is 83.6 Å². The molecule has 0 fully saturated rings. The Labute approximate surface area is 148 Å². The number of rotatable bonds is 7. The lowest BCUT2D eigenvalue weighted by atomic mass is 10.1. The Morgan fingerprint density at radius 1 is 1.38 bits per heavy atom. The van der Waals surface area contributed by atoms with Crippen molar-refractivity contribution >= 4 is 45.0 Å². The van der Waals surface area contributed by atoms with Crippen molar-refractivity contribution in [3.63, 3.8) is 0 Å². The van der Waals surface area contributed by atoms with Crippen molar-refractivity contribution in [3.05, 3.63) is 30.1 Å². The van der Waals surface area contributed by atoms with E-state index < -0.39 is 0 Å². The maximum absolute atomic E-state index is 12.7. The molecule has 1 unspecified atom stereocenters. The third kappa shape index (κ3) is 3.76. The molecule has 24 heavy (non-hydrogen) atoms. The molecule has 0 aliphatic rings. The van der Waals surface area contributed by atoms with Crippen molar-refractivity contribution in [3.8, 4) is 0 Å². The lowest BCUT2D eigenvalue weighted by molar-refractivity contribution is 0.0995. The second-order valence-corrected chi connectivity index (χ2v) is 8.44. The van der Waals surface area contributed by atoms with Crippen molar-refractivity contribution in [2.45, 2.75) is 30.4 Å². The smallest absolute Gasteiger partial charge is 0.206 e. The average Bonchev–Trinajstić information content (AvgIpc) is 3.18. The zero-order valence-corrected chi connectivity index (χ0v) is 15.4. The van der Waals surface area contributed by atoms with Gasteiger partial charge in [0.25, 0.3) is 0 Å². The number of thioether (sulfide) groups is 1. The number of carbonyl (C=O) groups is 1. The molecule has 3 aromatic rings. The van der Waals surface area contributed by atoms with Gasteiger partial charge in [0.05, 0.1) is 5.25 Å². The fourth-order valence-corrected chi connectivity index (χ4v) is 4.17. The molecule has 0 bridgehead atoms. The van der Waals surface area contributed by atoms with Crippen LogP contribution in [-0.4, -0.2) is 37.7 Å². The molecule has 1 atom stereocenters. The number of hydrogen-bond acceptors (Lipinski definition) is 7. The van der Waals surface area contributed by atoms with Crippen LogP contribution in [0.25, 0.3) is 11.0 Å². The van der Waals surface area contributed by atoms with Crippen LogP contribution in [0, 0.1) is 5.92 Å². The molecule has 0 radical (unpaired) electrons. The highest BCUT2D eigenvalue weighted by Crippen LogP contribution is 2.31. The van der Waals surface area contributed by atoms with E-state index in [2.05, 4.69) is 39.3 Å². The van der Waals surface area contributed by atoms with Crippen LogP contribution in [0.2, 0.25) is 0 Å². The van der Waals surface area contributed by atoms with Crippen LogP contribution in [-0.2, 0) is 0 Å². The third-order valence-corrected chi connectivity index (χ3v) is 5.50. The molecular formula is C16H19N5OS2. The highest BCUT2D eigenvalue weighted by molar-refractivity contribution is 8.02. The van der Waals surface area contributed by atoms with Crippen LogP contribution in [0.15, 0.2) is 28.9 Å². The number of anilines is 1. The minimum atomic E-state index is -0.241. The molecule has 0 amide bonds. The van der Waals surface area contributed by atoms with Gasteiger partial charge in [-0.2, -0.15) is 0 Å². The number of ketones is 1. The highest BCUT2D eigenvalue weighted by atomic mass is 32.2. The van der Waals surface area contributed by atoms with E-state index in [9.17, 15) is 4.79 Å². The first kappa shape index (κ1) is 16.9. The summed E-state index contributed by atoms with van der Waals surface area (Å²) in [6, 6.07) is 3.74. The third-order valence-electron chi connectivity index (χ3n) is 3.43. The van der Waals surface area contributed by atoms with E-state index in [0.717, 1.165) is 27.0 Å². The Bertz CT molecular complexity index is 842. The minimum absolute atomic E-state index is 0.0612. The Hall–Kier alpha value is -1.93. The first-order valence-electron chi connectivity index (χ1n) is 7.75. The number of fused-ring (bicyclic) bond motifs is 1. The first-order chi connectivity index (χ1) is 11.5. The molecular weight excluding hydrogens is 342 g/mol. The number of aromatic nitrogens is 4. The second-order valence-electron chi connectivity index (χ2n) is 5.87. The van der Waals surface area contributed by atoms with Gasteiger partial charge in [-0.25, -0.2) is 4.98 Å². The number of pyridine rings is 1. The molecule has 6 nitrogen and oxygen atoms in total. The van der Waals surface area contributed by atoms with Gasteiger partial charge in [-0.1, -0.05) is 36.9 Å². The molecule has 0 aromatic carbocycles. The lowest BCUT2D eigenvalue weighted by Crippen LogP contribution is -2.12. The molecule has 0 aliphatic carbocycles. The monoisotopic (exact) mass is 361 g/mol. The summed E-state index contributed by atoms with van der Waals surface area (Å²) in [6.45, 7) is 7.03. The Kier molecular flexibility index (Phi) is 5.15. The van der Waals surface area contributed by atoms with E-state index in [4.69, 9.17) is 0 Å². The number of Topliss-reactive ketones (excluding diaryl/α,β-unsaturated/α-hetero) is 1. The van der Waals surface area contributed by atoms with Gasteiger partial charge < -0.3 is 10.3 Å². The zero-order valence-electron chi connectivity index (χ0n) is 13.7. The van der Waals surface area contributed by atoms with E-state index in [1.54, 1.807) is 12.4 Å². The van der Waals surface area contributed by atoms with Crippen molar-refractivity contribution in [1.82, 2.24) is 20.2 Å². The first-order valence-corrected chi connectivity index (χ1v) is 9.44. The maximum atomic E-state index is 12.7. The van der Waals surface area contributed by atoms with Crippen molar-refractivity contribution in [1.29, 1.82) is 0 Å². The van der Waals surface area contributed by atoms with Crippen molar-refractivity contribution in [2.75, 3.05) is 11.9 Å². The Morgan fingerprint density at radius 3 is 3.00 bits per heavy atom. The molecule has 2 N–H and O–H groups in total. The summed E-state index contributed by atoms with van der Waals surface area (Å²) in [5.74, 6) is 0.604. The number of nitrogens with one attached hydrogen (secondary N) is 2. The van der Waals surface area contributed by atoms with Gasteiger partial charge in [-0.3, -0.25) is 4.79 Å². The van der Waals surface area contributed by atoms with Crippen LogP contribution in [0.1, 0.15) is 31.1 Å². The maximum Gasteiger partial charge on any atom is 0.206 e. The fourth-order valence-electron chi connectivity index (χ4n) is 2.20. The predicted octanol–water partition coefficient (Wildman–Crippen LogP) is 3.85. The highest BCUT2D eigenvalue weighted by Gasteiger charge is 2.21. The summed E-state index contributed by atoms with van der Waals surface area (Å²) in [7, 11) is 0. The average molecular weight is 361 g/mol. The number of carbonyl (C=O) groups excluding carboxylic acids is 1. The van der Waals surface area contributed by atoms with Crippen LogP contribution >= 0.6 is 23.1 Å². The van der Waals surface area contributed by atoms with Gasteiger partial charge in [0.1, 0.15) is 5.65 Å². The Balaban J connectivity index is 1.68. The predicted molar refractivity (Wildman–Crippen MR) is 99.0 cm³/mol. The Morgan fingerprint density at radius 2 is 2.21 bits per heavy atom. The molecule has 3 heterocycles. The number of H-pyrrole nitrogens is 1. The van der Waals surface area contributed by atoms with E-state index in [1.807, 2.05) is 19.1 Å². The second kappa shape index (κ2) is 7.31. The van der Waals surface area contributed by atoms with Gasteiger partial charge in [0.15, 0.2) is 10.1 Å². The van der Waals surface area contributed by atoms with Crippen LogP contribution in [0.5, 0.6) is 0 Å². The largest absolute Gasteiger partial charge is 0.360 e. The number of nitrogens with zero attached hydrogens (tertiary/aromatic N) is 3. The van der Waals surface area contributed by atoms with E-state index in [1.165, 1.54) is 23.1 Å². The SMILES string of the molecule is CC(C)CNc1nnc(SC(C)C(=O)c2c[nH]c3ncccc23)s1. The summed E-state index contributed by atoms with van der Waals surface area (Å²) in [6.07, 6.45) is 3.44. The van der Waals surface area contributed by atoms with Gasteiger partial charge in [0.2, 0.25) is 5.13 Å². The molecule has 0 saturated heterocycles.